The fourth-order valence-electron chi connectivity index (χ4n) is 2.56. The summed E-state index contributed by atoms with van der Waals surface area (Å²) in [6.45, 7) is 4.31. The van der Waals surface area contributed by atoms with Crippen LogP contribution in [0.4, 0.5) is 5.69 Å². The Morgan fingerprint density at radius 2 is 1.69 bits per heavy atom. The first-order valence-corrected chi connectivity index (χ1v) is 10.1. The lowest BCUT2D eigenvalue weighted by Gasteiger charge is -2.21. The first-order chi connectivity index (χ1) is 12.3. The first-order valence-electron chi connectivity index (χ1n) is 8.26. The van der Waals surface area contributed by atoms with E-state index in [0.29, 0.717) is 12.3 Å². The average Bonchev–Trinajstić information content (AvgIpc) is 2.55. The fraction of sp³-hybridized carbons (Fsp3) is 0.316. The maximum atomic E-state index is 12.1. The Labute approximate surface area is 154 Å². The molecule has 0 aliphatic carbocycles. The van der Waals surface area contributed by atoms with E-state index in [1.165, 1.54) is 0 Å². The zero-order valence-electron chi connectivity index (χ0n) is 15.2. The van der Waals surface area contributed by atoms with Crippen molar-refractivity contribution in [3.05, 3.63) is 59.7 Å². The number of aryl methyl sites for hydroxylation is 2. The van der Waals surface area contributed by atoms with E-state index in [9.17, 15) is 13.2 Å². The molecule has 6 nitrogen and oxygen atoms in total. The monoisotopic (exact) mass is 376 g/mol. The maximum Gasteiger partial charge on any atom is 0.240 e. The van der Waals surface area contributed by atoms with Crippen LogP contribution in [0.15, 0.2) is 48.5 Å². The van der Waals surface area contributed by atoms with E-state index in [2.05, 4.69) is 11.4 Å². The van der Waals surface area contributed by atoms with Crippen molar-refractivity contribution >= 4 is 21.6 Å². The zero-order chi connectivity index (χ0) is 19.2. The number of hydrogen-bond acceptors (Lipinski definition) is 4. The van der Waals surface area contributed by atoms with E-state index in [0.717, 1.165) is 27.4 Å². The predicted molar refractivity (Wildman–Crippen MR) is 103 cm³/mol. The van der Waals surface area contributed by atoms with Gasteiger partial charge in [-0.05, 0) is 49.2 Å². The first kappa shape index (κ1) is 19.8. The summed E-state index contributed by atoms with van der Waals surface area (Å²) in [6.07, 6.45) is 1.08. The van der Waals surface area contributed by atoms with Gasteiger partial charge in [0.2, 0.25) is 15.9 Å². The standard InChI is InChI=1S/C19H24N2O4S/c1-15-11-16(2)13-18(12-15)25-10-9-20-19(22)14-21(26(3,23)24)17-7-5-4-6-8-17/h4-8,11-13H,9-10,14H2,1-3H3,(H,20,22). The van der Waals surface area contributed by atoms with Gasteiger partial charge in [-0.3, -0.25) is 9.10 Å². The highest BCUT2D eigenvalue weighted by atomic mass is 32.2. The second kappa shape index (κ2) is 8.71. The summed E-state index contributed by atoms with van der Waals surface area (Å²) >= 11 is 0. The van der Waals surface area contributed by atoms with Gasteiger partial charge in [0.25, 0.3) is 0 Å². The van der Waals surface area contributed by atoms with Crippen molar-refractivity contribution in [3.8, 4) is 5.75 Å². The number of nitrogens with one attached hydrogen (secondary N) is 1. The van der Waals surface area contributed by atoms with Gasteiger partial charge in [0.05, 0.1) is 18.5 Å². The molecule has 1 N–H and O–H groups in total. The maximum absolute atomic E-state index is 12.1. The average molecular weight is 376 g/mol. The van der Waals surface area contributed by atoms with Gasteiger partial charge >= 0.3 is 0 Å². The molecule has 0 fully saturated rings. The number of nitrogens with zero attached hydrogens (tertiary/aromatic N) is 1. The van der Waals surface area contributed by atoms with Gasteiger partial charge in [0.1, 0.15) is 18.9 Å². The molecule has 0 aromatic heterocycles. The number of ether oxygens (including phenoxy) is 1. The van der Waals surface area contributed by atoms with Crippen LogP contribution in [0, 0.1) is 13.8 Å². The lowest BCUT2D eigenvalue weighted by Crippen LogP contribution is -2.41. The number of hydrogen-bond donors (Lipinski definition) is 1. The van der Waals surface area contributed by atoms with E-state index < -0.39 is 10.0 Å². The number of carbonyl (C=O) groups is 1. The molecule has 0 spiro atoms. The van der Waals surface area contributed by atoms with Crippen molar-refractivity contribution in [1.82, 2.24) is 5.32 Å². The van der Waals surface area contributed by atoms with Crippen molar-refractivity contribution in [3.63, 3.8) is 0 Å². The summed E-state index contributed by atoms with van der Waals surface area (Å²) in [5, 5.41) is 2.68. The smallest absolute Gasteiger partial charge is 0.240 e. The molecule has 2 aromatic carbocycles. The van der Waals surface area contributed by atoms with Gasteiger partial charge in [-0.25, -0.2) is 8.42 Å². The lowest BCUT2D eigenvalue weighted by molar-refractivity contribution is -0.119. The Kier molecular flexibility index (Phi) is 6.63. The molecule has 2 rings (SSSR count). The largest absolute Gasteiger partial charge is 0.492 e. The summed E-state index contributed by atoms with van der Waals surface area (Å²) in [5.41, 5.74) is 2.67. The van der Waals surface area contributed by atoms with E-state index >= 15 is 0 Å². The number of carbonyl (C=O) groups excluding carboxylic acids is 1. The van der Waals surface area contributed by atoms with E-state index in [1.54, 1.807) is 30.3 Å². The molecule has 0 bridgehead atoms. The van der Waals surface area contributed by atoms with Gasteiger partial charge in [-0.2, -0.15) is 0 Å². The minimum Gasteiger partial charge on any atom is -0.492 e. The van der Waals surface area contributed by atoms with E-state index in [4.69, 9.17) is 4.74 Å². The third kappa shape index (κ3) is 6.07. The Morgan fingerprint density at radius 3 is 2.27 bits per heavy atom. The highest BCUT2D eigenvalue weighted by Gasteiger charge is 2.20. The van der Waals surface area contributed by atoms with Crippen LogP contribution in [0.5, 0.6) is 5.75 Å². The van der Waals surface area contributed by atoms with Crippen LogP contribution >= 0.6 is 0 Å². The minimum atomic E-state index is -3.55. The van der Waals surface area contributed by atoms with Crippen molar-refractivity contribution in [2.45, 2.75) is 13.8 Å². The molecule has 2 aromatic rings. The Hall–Kier alpha value is -2.54. The molecule has 0 heterocycles. The molecule has 26 heavy (non-hydrogen) atoms. The quantitative estimate of drug-likeness (QED) is 0.717. The number of anilines is 1. The van der Waals surface area contributed by atoms with Crippen LogP contribution in [-0.2, 0) is 14.8 Å². The highest BCUT2D eigenvalue weighted by Crippen LogP contribution is 2.17. The topological polar surface area (TPSA) is 75.7 Å². The molecule has 0 radical (unpaired) electrons. The normalized spacial score (nSPS) is 11.0. The zero-order valence-corrected chi connectivity index (χ0v) is 16.0. The van der Waals surface area contributed by atoms with Gasteiger partial charge in [0, 0.05) is 0 Å². The molecule has 7 heteroatoms. The lowest BCUT2D eigenvalue weighted by atomic mass is 10.1. The molecule has 0 aliphatic heterocycles. The third-order valence-corrected chi connectivity index (χ3v) is 4.76. The Morgan fingerprint density at radius 1 is 1.08 bits per heavy atom. The van der Waals surface area contributed by atoms with Gasteiger partial charge in [0.15, 0.2) is 0 Å². The molecule has 0 saturated heterocycles. The number of para-hydroxylation sites is 1. The molecular weight excluding hydrogens is 352 g/mol. The molecule has 0 saturated carbocycles. The summed E-state index contributed by atoms with van der Waals surface area (Å²) in [4.78, 5) is 12.1. The Balaban J connectivity index is 1.87. The summed E-state index contributed by atoms with van der Waals surface area (Å²) in [7, 11) is -3.55. The van der Waals surface area contributed by atoms with Crippen LogP contribution in [0.25, 0.3) is 0 Å². The molecule has 0 unspecified atom stereocenters. The van der Waals surface area contributed by atoms with Crippen molar-refractivity contribution in [1.29, 1.82) is 0 Å². The molecule has 0 aliphatic rings. The summed E-state index contributed by atoms with van der Waals surface area (Å²) in [5.74, 6) is 0.363. The van der Waals surface area contributed by atoms with E-state index in [1.807, 2.05) is 26.0 Å². The van der Waals surface area contributed by atoms with Crippen LogP contribution in [0.2, 0.25) is 0 Å². The molecule has 1 amide bonds. The number of sulfonamides is 1. The van der Waals surface area contributed by atoms with Crippen LogP contribution in [0.1, 0.15) is 11.1 Å². The Bertz CT molecular complexity index is 831. The van der Waals surface area contributed by atoms with Gasteiger partial charge in [-0.1, -0.05) is 24.3 Å². The summed E-state index contributed by atoms with van der Waals surface area (Å²) < 4.78 is 30.6. The number of benzene rings is 2. The summed E-state index contributed by atoms with van der Waals surface area (Å²) in [6, 6.07) is 14.4. The predicted octanol–water partition coefficient (Wildman–Crippen LogP) is 2.26. The van der Waals surface area contributed by atoms with Crippen LogP contribution < -0.4 is 14.4 Å². The van der Waals surface area contributed by atoms with Crippen LogP contribution in [0.3, 0.4) is 0 Å². The molecular formula is C19H24N2O4S. The van der Waals surface area contributed by atoms with Crippen molar-refractivity contribution in [2.75, 3.05) is 30.3 Å². The van der Waals surface area contributed by atoms with Crippen molar-refractivity contribution in [2.24, 2.45) is 0 Å². The molecule has 0 atom stereocenters. The van der Waals surface area contributed by atoms with E-state index in [-0.39, 0.29) is 19.0 Å². The second-order valence-electron chi connectivity index (χ2n) is 6.13. The third-order valence-electron chi connectivity index (χ3n) is 3.62. The number of amides is 1. The van der Waals surface area contributed by atoms with Gasteiger partial charge < -0.3 is 10.1 Å². The molecule has 140 valence electrons. The minimum absolute atomic E-state index is 0.271. The second-order valence-corrected chi connectivity index (χ2v) is 8.03. The number of rotatable bonds is 8. The highest BCUT2D eigenvalue weighted by molar-refractivity contribution is 7.92. The SMILES string of the molecule is Cc1cc(C)cc(OCCNC(=O)CN(c2ccccc2)S(C)(=O)=O)c1. The van der Waals surface area contributed by atoms with Gasteiger partial charge in [-0.15, -0.1) is 0 Å². The van der Waals surface area contributed by atoms with Crippen LogP contribution in [-0.4, -0.2) is 40.3 Å². The van der Waals surface area contributed by atoms with Crippen molar-refractivity contribution < 1.29 is 17.9 Å². The fourth-order valence-corrected chi connectivity index (χ4v) is 3.41.